The van der Waals surface area contributed by atoms with Gasteiger partial charge < -0.3 is 15.2 Å². The highest BCUT2D eigenvalue weighted by molar-refractivity contribution is 5.92. The molecular formula is C19H19F3N2O4. The number of amides is 1. The fourth-order valence-electron chi connectivity index (χ4n) is 2.46. The number of halogens is 3. The third-order valence-electron chi connectivity index (χ3n) is 3.71. The van der Waals surface area contributed by atoms with Crippen LogP contribution in [-0.2, 0) is 11.2 Å². The predicted molar refractivity (Wildman–Crippen MR) is 94.1 cm³/mol. The van der Waals surface area contributed by atoms with Gasteiger partial charge in [-0.25, -0.2) is 4.98 Å². The van der Waals surface area contributed by atoms with Gasteiger partial charge in [0.1, 0.15) is 5.69 Å². The van der Waals surface area contributed by atoms with Crippen LogP contribution in [0.3, 0.4) is 0 Å². The molecule has 0 aliphatic rings. The van der Waals surface area contributed by atoms with Crippen molar-refractivity contribution in [1.82, 2.24) is 10.3 Å². The quantitative estimate of drug-likeness (QED) is 0.680. The molecule has 2 aromatic rings. The highest BCUT2D eigenvalue weighted by atomic mass is 19.4. The Kier molecular flexibility index (Phi) is 7.36. The van der Waals surface area contributed by atoms with E-state index < -0.39 is 30.7 Å². The van der Waals surface area contributed by atoms with Crippen LogP contribution >= 0.6 is 0 Å². The van der Waals surface area contributed by atoms with Gasteiger partial charge >= 0.3 is 12.1 Å². The number of nitrogens with one attached hydrogen (secondary N) is 1. The van der Waals surface area contributed by atoms with Crippen LogP contribution in [0, 0.1) is 0 Å². The van der Waals surface area contributed by atoms with Crippen molar-refractivity contribution >= 4 is 11.9 Å². The van der Waals surface area contributed by atoms with Crippen LogP contribution < -0.4 is 10.1 Å². The second-order valence-corrected chi connectivity index (χ2v) is 6.06. The van der Waals surface area contributed by atoms with Crippen LogP contribution in [0.1, 0.15) is 28.9 Å². The molecule has 0 saturated carbocycles. The average Bonchev–Trinajstić information content (AvgIpc) is 2.65. The monoisotopic (exact) mass is 396 g/mol. The summed E-state index contributed by atoms with van der Waals surface area (Å²) in [6.45, 7) is -1.51. The average molecular weight is 396 g/mol. The third-order valence-corrected chi connectivity index (χ3v) is 3.71. The molecule has 1 aromatic heterocycles. The Labute approximate surface area is 159 Å². The highest BCUT2D eigenvalue weighted by Gasteiger charge is 2.28. The summed E-state index contributed by atoms with van der Waals surface area (Å²) in [6.07, 6.45) is -4.05. The number of benzene rings is 1. The smallest absolute Gasteiger partial charge is 0.422 e. The van der Waals surface area contributed by atoms with Crippen LogP contribution in [0.25, 0.3) is 0 Å². The first-order valence-corrected chi connectivity index (χ1v) is 8.46. The van der Waals surface area contributed by atoms with Crippen LogP contribution in [0.4, 0.5) is 13.2 Å². The minimum Gasteiger partial charge on any atom is -0.481 e. The summed E-state index contributed by atoms with van der Waals surface area (Å²) in [4.78, 5) is 27.1. The lowest BCUT2D eigenvalue weighted by atomic mass is 10.0. The molecule has 0 saturated heterocycles. The van der Waals surface area contributed by atoms with E-state index in [0.29, 0.717) is 6.42 Å². The second-order valence-electron chi connectivity index (χ2n) is 6.06. The second kappa shape index (κ2) is 9.72. The zero-order valence-electron chi connectivity index (χ0n) is 14.8. The molecule has 1 amide bonds. The van der Waals surface area contributed by atoms with Crippen LogP contribution in [0.15, 0.2) is 48.5 Å². The van der Waals surface area contributed by atoms with Gasteiger partial charge in [0.15, 0.2) is 6.61 Å². The summed E-state index contributed by atoms with van der Waals surface area (Å²) in [5, 5.41) is 11.6. The first-order chi connectivity index (χ1) is 13.2. The molecule has 0 spiro atoms. The molecule has 1 atom stereocenters. The van der Waals surface area contributed by atoms with Crippen molar-refractivity contribution in [1.29, 1.82) is 0 Å². The summed E-state index contributed by atoms with van der Waals surface area (Å²) in [7, 11) is 0. The maximum atomic E-state index is 12.4. The van der Waals surface area contributed by atoms with Crippen molar-refractivity contribution in [2.45, 2.75) is 31.5 Å². The number of carboxylic acids is 1. The van der Waals surface area contributed by atoms with E-state index in [4.69, 9.17) is 5.11 Å². The van der Waals surface area contributed by atoms with Gasteiger partial charge in [-0.15, -0.1) is 0 Å². The molecular weight excluding hydrogens is 377 g/mol. The standard InChI is InChI=1S/C19H19F3N2O4/c20-19(21,22)12-28-16-8-4-7-15(24-16)18(27)23-14(9-10-17(25)26)11-13-5-2-1-3-6-13/h1-8,14H,9-12H2,(H,23,27)(H,25,26). The maximum Gasteiger partial charge on any atom is 0.422 e. The van der Waals surface area contributed by atoms with Gasteiger partial charge in [0.2, 0.25) is 5.88 Å². The molecule has 1 unspecified atom stereocenters. The summed E-state index contributed by atoms with van der Waals surface area (Å²) >= 11 is 0. The van der Waals surface area contributed by atoms with Crippen molar-refractivity contribution in [2.75, 3.05) is 6.61 Å². The Hall–Kier alpha value is -3.10. The molecule has 0 aliphatic heterocycles. The van der Waals surface area contributed by atoms with Crippen molar-refractivity contribution in [2.24, 2.45) is 0 Å². The van der Waals surface area contributed by atoms with E-state index in [1.165, 1.54) is 18.2 Å². The normalized spacial score (nSPS) is 12.2. The molecule has 28 heavy (non-hydrogen) atoms. The number of pyridine rings is 1. The van der Waals surface area contributed by atoms with Gasteiger partial charge in [0.05, 0.1) is 0 Å². The molecule has 2 rings (SSSR count). The molecule has 1 heterocycles. The zero-order chi connectivity index (χ0) is 20.6. The lowest BCUT2D eigenvalue weighted by molar-refractivity contribution is -0.154. The number of aromatic nitrogens is 1. The van der Waals surface area contributed by atoms with E-state index in [-0.39, 0.29) is 24.4 Å². The Morgan fingerprint density at radius 3 is 2.46 bits per heavy atom. The van der Waals surface area contributed by atoms with E-state index in [9.17, 15) is 22.8 Å². The van der Waals surface area contributed by atoms with Gasteiger partial charge in [-0.05, 0) is 24.5 Å². The molecule has 1 aromatic carbocycles. The topological polar surface area (TPSA) is 88.5 Å². The molecule has 0 radical (unpaired) electrons. The highest BCUT2D eigenvalue weighted by Crippen LogP contribution is 2.17. The summed E-state index contributed by atoms with van der Waals surface area (Å²) in [6, 6.07) is 12.6. The molecule has 150 valence electrons. The van der Waals surface area contributed by atoms with Crippen LogP contribution in [0.5, 0.6) is 5.88 Å². The largest absolute Gasteiger partial charge is 0.481 e. The SMILES string of the molecule is O=C(O)CCC(Cc1ccccc1)NC(=O)c1cccc(OCC(F)(F)F)n1. The fraction of sp³-hybridized carbons (Fsp3) is 0.316. The molecule has 6 nitrogen and oxygen atoms in total. The van der Waals surface area contributed by atoms with Gasteiger partial charge in [0, 0.05) is 18.5 Å². The van der Waals surface area contributed by atoms with E-state index in [2.05, 4.69) is 15.0 Å². The first kappa shape index (κ1) is 21.2. The summed E-state index contributed by atoms with van der Waals surface area (Å²) in [5.74, 6) is -1.94. The third kappa shape index (κ3) is 7.65. The van der Waals surface area contributed by atoms with Crippen molar-refractivity contribution in [3.8, 4) is 5.88 Å². The minimum absolute atomic E-state index is 0.118. The number of carboxylic acid groups (broad SMARTS) is 1. The number of nitrogens with zero attached hydrogens (tertiary/aromatic N) is 1. The van der Waals surface area contributed by atoms with E-state index in [1.807, 2.05) is 30.3 Å². The number of aliphatic carboxylic acids is 1. The lowest BCUT2D eigenvalue weighted by Crippen LogP contribution is -2.37. The zero-order valence-corrected chi connectivity index (χ0v) is 14.8. The number of hydrogen-bond donors (Lipinski definition) is 2. The van der Waals surface area contributed by atoms with E-state index in [1.54, 1.807) is 0 Å². The van der Waals surface area contributed by atoms with E-state index >= 15 is 0 Å². The molecule has 9 heteroatoms. The molecule has 0 bridgehead atoms. The molecule has 0 fully saturated rings. The predicted octanol–water partition coefficient (Wildman–Crippen LogP) is 3.23. The van der Waals surface area contributed by atoms with Crippen molar-refractivity contribution in [3.63, 3.8) is 0 Å². The van der Waals surface area contributed by atoms with Crippen LogP contribution in [0.2, 0.25) is 0 Å². The van der Waals surface area contributed by atoms with Crippen molar-refractivity contribution in [3.05, 3.63) is 59.8 Å². The number of carbonyl (C=O) groups is 2. The van der Waals surface area contributed by atoms with Gasteiger partial charge in [-0.3, -0.25) is 9.59 Å². The van der Waals surface area contributed by atoms with Gasteiger partial charge in [0.25, 0.3) is 5.91 Å². The molecule has 2 N–H and O–H groups in total. The number of carbonyl (C=O) groups excluding carboxylic acids is 1. The number of hydrogen-bond acceptors (Lipinski definition) is 4. The Balaban J connectivity index is 2.06. The number of rotatable bonds is 9. The van der Waals surface area contributed by atoms with Crippen molar-refractivity contribution < 1.29 is 32.6 Å². The Bertz CT molecular complexity index is 797. The minimum atomic E-state index is -4.52. The number of alkyl halides is 3. The van der Waals surface area contributed by atoms with E-state index in [0.717, 1.165) is 5.56 Å². The van der Waals surface area contributed by atoms with Gasteiger partial charge in [-0.2, -0.15) is 13.2 Å². The fourth-order valence-corrected chi connectivity index (χ4v) is 2.46. The van der Waals surface area contributed by atoms with Gasteiger partial charge in [-0.1, -0.05) is 36.4 Å². The summed E-state index contributed by atoms with van der Waals surface area (Å²) in [5.41, 5.74) is 0.793. The Morgan fingerprint density at radius 1 is 1.11 bits per heavy atom. The Morgan fingerprint density at radius 2 is 1.82 bits per heavy atom. The lowest BCUT2D eigenvalue weighted by Gasteiger charge is -2.18. The van der Waals surface area contributed by atoms with Crippen LogP contribution in [-0.4, -0.2) is 40.8 Å². The molecule has 0 aliphatic carbocycles. The first-order valence-electron chi connectivity index (χ1n) is 8.46. The summed E-state index contributed by atoms with van der Waals surface area (Å²) < 4.78 is 41.3. The maximum absolute atomic E-state index is 12.4. The number of ether oxygens (including phenoxy) is 1.